The lowest BCUT2D eigenvalue weighted by molar-refractivity contribution is 0.0940. The van der Waals surface area contributed by atoms with Crippen LogP contribution in [0.3, 0.4) is 0 Å². The molecule has 1 fully saturated rings. The van der Waals surface area contributed by atoms with Gasteiger partial charge in [0, 0.05) is 29.7 Å². The van der Waals surface area contributed by atoms with Crippen LogP contribution in [0.5, 0.6) is 0 Å². The summed E-state index contributed by atoms with van der Waals surface area (Å²) in [5.41, 5.74) is 2.03. The number of carbonyl (C=O) groups is 1. The van der Waals surface area contributed by atoms with Gasteiger partial charge in [-0.1, -0.05) is 23.7 Å². The maximum atomic E-state index is 12.1. The van der Waals surface area contributed by atoms with Gasteiger partial charge in [-0.2, -0.15) is 5.10 Å². The van der Waals surface area contributed by atoms with Crippen LogP contribution < -0.4 is 5.32 Å². The number of halogens is 1. The highest BCUT2D eigenvalue weighted by molar-refractivity contribution is 6.30. The van der Waals surface area contributed by atoms with E-state index in [-0.39, 0.29) is 5.91 Å². The number of aromatic amines is 1. The van der Waals surface area contributed by atoms with E-state index >= 15 is 0 Å². The van der Waals surface area contributed by atoms with Crippen molar-refractivity contribution in [3.63, 3.8) is 0 Å². The summed E-state index contributed by atoms with van der Waals surface area (Å²) in [4.78, 5) is 12.1. The Bertz CT molecular complexity index is 635. The lowest BCUT2D eigenvalue weighted by atomic mass is 10.1. The molecule has 0 bridgehead atoms. The van der Waals surface area contributed by atoms with Gasteiger partial charge in [0.05, 0.1) is 12.3 Å². The maximum absolute atomic E-state index is 12.1. The molecule has 1 aliphatic heterocycles. The highest BCUT2D eigenvalue weighted by Gasteiger charge is 2.17. The number of hydrogen-bond acceptors (Lipinski definition) is 3. The SMILES string of the molecule is O=C(NCC1CCOC1)c1cc(-c2cccc(Cl)c2)n[nH]1. The fourth-order valence-corrected chi connectivity index (χ4v) is 2.50. The van der Waals surface area contributed by atoms with Gasteiger partial charge in [0.2, 0.25) is 0 Å². The van der Waals surface area contributed by atoms with Crippen molar-refractivity contribution in [1.29, 1.82) is 0 Å². The fraction of sp³-hybridized carbons (Fsp3) is 0.333. The first-order valence-electron chi connectivity index (χ1n) is 6.89. The van der Waals surface area contributed by atoms with E-state index in [0.29, 0.717) is 28.9 Å². The molecule has 0 radical (unpaired) electrons. The van der Waals surface area contributed by atoms with Crippen LogP contribution in [-0.4, -0.2) is 35.9 Å². The molecule has 0 aliphatic carbocycles. The van der Waals surface area contributed by atoms with E-state index in [1.165, 1.54) is 0 Å². The minimum Gasteiger partial charge on any atom is -0.381 e. The van der Waals surface area contributed by atoms with Gasteiger partial charge in [0.1, 0.15) is 5.69 Å². The molecule has 1 aromatic heterocycles. The Morgan fingerprint density at radius 3 is 3.14 bits per heavy atom. The van der Waals surface area contributed by atoms with E-state index in [1.807, 2.05) is 18.2 Å². The minimum absolute atomic E-state index is 0.150. The number of carbonyl (C=O) groups excluding carboxylic acids is 1. The topological polar surface area (TPSA) is 67.0 Å². The number of benzene rings is 1. The quantitative estimate of drug-likeness (QED) is 0.912. The molecule has 3 rings (SSSR count). The third-order valence-corrected chi connectivity index (χ3v) is 3.75. The van der Waals surface area contributed by atoms with Crippen molar-refractivity contribution in [3.8, 4) is 11.3 Å². The normalized spacial score (nSPS) is 17.9. The number of nitrogens with zero attached hydrogens (tertiary/aromatic N) is 1. The number of H-pyrrole nitrogens is 1. The Kier molecular flexibility index (Phi) is 4.22. The number of hydrogen-bond donors (Lipinski definition) is 2. The first-order chi connectivity index (χ1) is 10.2. The molecule has 2 N–H and O–H groups in total. The Morgan fingerprint density at radius 2 is 2.38 bits per heavy atom. The van der Waals surface area contributed by atoms with Gasteiger partial charge in [0.25, 0.3) is 5.91 Å². The van der Waals surface area contributed by atoms with Crippen molar-refractivity contribution in [2.75, 3.05) is 19.8 Å². The molecule has 6 heteroatoms. The lowest BCUT2D eigenvalue weighted by Gasteiger charge is -2.07. The third kappa shape index (κ3) is 3.43. The zero-order valence-corrected chi connectivity index (χ0v) is 12.2. The second kappa shape index (κ2) is 6.28. The molecule has 21 heavy (non-hydrogen) atoms. The molecule has 1 saturated heterocycles. The Morgan fingerprint density at radius 1 is 1.48 bits per heavy atom. The first kappa shape index (κ1) is 14.1. The van der Waals surface area contributed by atoms with E-state index in [2.05, 4.69) is 15.5 Å². The van der Waals surface area contributed by atoms with Gasteiger partial charge in [0.15, 0.2) is 0 Å². The van der Waals surface area contributed by atoms with Gasteiger partial charge in [-0.15, -0.1) is 0 Å². The van der Waals surface area contributed by atoms with Crippen molar-refractivity contribution >= 4 is 17.5 Å². The molecule has 5 nitrogen and oxygen atoms in total. The average molecular weight is 306 g/mol. The molecule has 1 atom stereocenters. The van der Waals surface area contributed by atoms with Crippen molar-refractivity contribution in [3.05, 3.63) is 41.0 Å². The molecule has 1 amide bonds. The number of rotatable bonds is 4. The zero-order chi connectivity index (χ0) is 14.7. The number of nitrogens with one attached hydrogen (secondary N) is 2. The van der Waals surface area contributed by atoms with E-state index in [9.17, 15) is 4.79 Å². The Labute approximate surface area is 127 Å². The van der Waals surface area contributed by atoms with Gasteiger partial charge in [-0.05, 0) is 24.6 Å². The summed E-state index contributed by atoms with van der Waals surface area (Å²) >= 11 is 5.96. The van der Waals surface area contributed by atoms with Crippen molar-refractivity contribution in [2.24, 2.45) is 5.92 Å². The molecule has 1 unspecified atom stereocenters. The standard InChI is InChI=1S/C15H16ClN3O2/c16-12-3-1-2-11(6-12)13-7-14(19-18-13)15(20)17-8-10-4-5-21-9-10/h1-3,6-7,10H,4-5,8-9H2,(H,17,20)(H,18,19). The van der Waals surface area contributed by atoms with Crippen LogP contribution in [-0.2, 0) is 4.74 Å². The predicted molar refractivity (Wildman–Crippen MR) is 80.3 cm³/mol. The Balaban J connectivity index is 1.65. The molecular formula is C15H16ClN3O2. The van der Waals surface area contributed by atoms with Crippen molar-refractivity contribution < 1.29 is 9.53 Å². The molecule has 110 valence electrons. The summed E-state index contributed by atoms with van der Waals surface area (Å²) in [6, 6.07) is 9.10. The van der Waals surface area contributed by atoms with E-state index < -0.39 is 0 Å². The molecule has 2 aromatic rings. The highest BCUT2D eigenvalue weighted by atomic mass is 35.5. The number of aromatic nitrogens is 2. The molecule has 2 heterocycles. The monoisotopic (exact) mass is 305 g/mol. The number of amides is 1. The first-order valence-corrected chi connectivity index (χ1v) is 7.27. The van der Waals surface area contributed by atoms with Gasteiger partial charge >= 0.3 is 0 Å². The summed E-state index contributed by atoms with van der Waals surface area (Å²) in [7, 11) is 0. The zero-order valence-electron chi connectivity index (χ0n) is 11.4. The van der Waals surface area contributed by atoms with Crippen LogP contribution in [0.15, 0.2) is 30.3 Å². The number of ether oxygens (including phenoxy) is 1. The van der Waals surface area contributed by atoms with Crippen LogP contribution >= 0.6 is 11.6 Å². The maximum Gasteiger partial charge on any atom is 0.269 e. The average Bonchev–Trinajstić information content (AvgIpc) is 3.16. The second-order valence-corrected chi connectivity index (χ2v) is 5.55. The van der Waals surface area contributed by atoms with Crippen molar-refractivity contribution in [2.45, 2.75) is 6.42 Å². The van der Waals surface area contributed by atoms with Crippen molar-refractivity contribution in [1.82, 2.24) is 15.5 Å². The summed E-state index contributed by atoms with van der Waals surface area (Å²) in [6.07, 6.45) is 0.997. The molecule has 1 aromatic carbocycles. The largest absolute Gasteiger partial charge is 0.381 e. The molecule has 0 spiro atoms. The van der Waals surface area contributed by atoms with Gasteiger partial charge in [-0.3, -0.25) is 9.89 Å². The summed E-state index contributed by atoms with van der Waals surface area (Å²) < 4.78 is 5.28. The molecular weight excluding hydrogens is 290 g/mol. The van der Waals surface area contributed by atoms with Crippen LogP contribution in [0.25, 0.3) is 11.3 Å². The smallest absolute Gasteiger partial charge is 0.269 e. The van der Waals surface area contributed by atoms with E-state index in [4.69, 9.17) is 16.3 Å². The fourth-order valence-electron chi connectivity index (χ4n) is 2.31. The van der Waals surface area contributed by atoms with E-state index in [1.54, 1.807) is 12.1 Å². The van der Waals surface area contributed by atoms with Gasteiger partial charge < -0.3 is 10.1 Å². The van der Waals surface area contributed by atoms with Gasteiger partial charge in [-0.25, -0.2) is 0 Å². The molecule has 1 aliphatic rings. The highest BCUT2D eigenvalue weighted by Crippen LogP contribution is 2.21. The van der Waals surface area contributed by atoms with Crippen LogP contribution in [0.4, 0.5) is 0 Å². The van der Waals surface area contributed by atoms with Crippen LogP contribution in [0.1, 0.15) is 16.9 Å². The summed E-state index contributed by atoms with van der Waals surface area (Å²) in [6.45, 7) is 2.13. The lowest BCUT2D eigenvalue weighted by Crippen LogP contribution is -2.29. The Hall–Kier alpha value is -1.85. The second-order valence-electron chi connectivity index (χ2n) is 5.12. The predicted octanol–water partition coefficient (Wildman–Crippen LogP) is 2.50. The summed E-state index contributed by atoms with van der Waals surface area (Å²) in [5.74, 6) is 0.256. The minimum atomic E-state index is -0.150. The van der Waals surface area contributed by atoms with Crippen LogP contribution in [0, 0.1) is 5.92 Å². The summed E-state index contributed by atoms with van der Waals surface area (Å²) in [5, 5.41) is 10.5. The van der Waals surface area contributed by atoms with E-state index in [0.717, 1.165) is 25.2 Å². The van der Waals surface area contributed by atoms with Crippen LogP contribution in [0.2, 0.25) is 5.02 Å². The third-order valence-electron chi connectivity index (χ3n) is 3.52. The molecule has 0 saturated carbocycles.